The minimum atomic E-state index is -3.80. The standard InChI is InChI=1S/C34H40N4O6S/c1-22-10-13-27(14-11-22)45(42,43)37(5)20-32-23(2)18-38(24(3)21-39)34(41)29-17-26(12-15-31(29)44-32)35-33(40)16-25-19-36(4)30-9-7-6-8-28(25)30/h6-15,17,19,23-24,32,39H,16,18,20-21H2,1-5H3,(H,35,40)/t23-,24+,32+/m0/s1. The van der Waals surface area contributed by atoms with Gasteiger partial charge in [-0.05, 0) is 55.8 Å². The van der Waals surface area contributed by atoms with Gasteiger partial charge in [-0.15, -0.1) is 0 Å². The molecule has 3 aromatic carbocycles. The Balaban J connectivity index is 1.41. The van der Waals surface area contributed by atoms with Crippen molar-refractivity contribution in [2.75, 3.05) is 32.1 Å². The molecule has 0 saturated heterocycles. The van der Waals surface area contributed by atoms with E-state index in [2.05, 4.69) is 5.32 Å². The number of aliphatic hydroxyl groups excluding tert-OH is 1. The molecule has 1 aliphatic heterocycles. The van der Waals surface area contributed by atoms with Crippen molar-refractivity contribution >= 4 is 38.4 Å². The molecule has 1 aromatic heterocycles. The summed E-state index contributed by atoms with van der Waals surface area (Å²) in [6, 6.07) is 18.9. The van der Waals surface area contributed by atoms with Gasteiger partial charge in [0.25, 0.3) is 5.91 Å². The van der Waals surface area contributed by atoms with E-state index in [9.17, 15) is 23.1 Å². The molecule has 1 aliphatic rings. The van der Waals surface area contributed by atoms with E-state index < -0.39 is 22.2 Å². The van der Waals surface area contributed by atoms with Crippen molar-refractivity contribution in [3.8, 4) is 5.75 Å². The molecule has 0 bridgehead atoms. The van der Waals surface area contributed by atoms with Crippen molar-refractivity contribution in [3.63, 3.8) is 0 Å². The van der Waals surface area contributed by atoms with E-state index in [1.165, 1.54) is 11.4 Å². The molecule has 2 amide bonds. The Morgan fingerprint density at radius 3 is 2.56 bits per heavy atom. The Labute approximate surface area is 264 Å². The summed E-state index contributed by atoms with van der Waals surface area (Å²) in [5.74, 6) is -0.574. The number of ether oxygens (including phenoxy) is 1. The van der Waals surface area contributed by atoms with Gasteiger partial charge in [-0.1, -0.05) is 42.8 Å². The second-order valence-corrected chi connectivity index (χ2v) is 14.0. The van der Waals surface area contributed by atoms with Crippen LogP contribution in [0.1, 0.15) is 35.3 Å². The highest BCUT2D eigenvalue weighted by Gasteiger charge is 2.35. The maximum Gasteiger partial charge on any atom is 0.258 e. The number of aromatic nitrogens is 1. The van der Waals surface area contributed by atoms with Crippen molar-refractivity contribution in [1.82, 2.24) is 13.8 Å². The van der Waals surface area contributed by atoms with Gasteiger partial charge in [0.2, 0.25) is 15.9 Å². The number of sulfonamides is 1. The number of rotatable bonds is 9. The average Bonchev–Trinajstić information content (AvgIpc) is 3.33. The fourth-order valence-corrected chi connectivity index (χ4v) is 6.89. The fraction of sp³-hybridized carbons (Fsp3) is 0.353. The third-order valence-electron chi connectivity index (χ3n) is 8.45. The Morgan fingerprint density at radius 1 is 1.13 bits per heavy atom. The van der Waals surface area contributed by atoms with Gasteiger partial charge in [0.05, 0.1) is 36.1 Å². The van der Waals surface area contributed by atoms with Crippen molar-refractivity contribution in [3.05, 3.63) is 89.6 Å². The first-order chi connectivity index (χ1) is 21.4. The van der Waals surface area contributed by atoms with Crippen LogP contribution >= 0.6 is 0 Å². The molecule has 0 saturated carbocycles. The predicted molar refractivity (Wildman–Crippen MR) is 174 cm³/mol. The number of carbonyl (C=O) groups excluding carboxylic acids is 2. The van der Waals surface area contributed by atoms with Gasteiger partial charge in [0.1, 0.15) is 11.9 Å². The summed E-state index contributed by atoms with van der Waals surface area (Å²) in [5, 5.41) is 13.9. The molecule has 11 heteroatoms. The minimum absolute atomic E-state index is 0.0376. The largest absolute Gasteiger partial charge is 0.488 e. The highest BCUT2D eigenvalue weighted by molar-refractivity contribution is 7.89. The normalized spacial score (nSPS) is 17.8. The van der Waals surface area contributed by atoms with Crippen LogP contribution in [0.4, 0.5) is 5.69 Å². The fourth-order valence-electron chi connectivity index (χ4n) is 5.70. The lowest BCUT2D eigenvalue weighted by Gasteiger charge is -2.38. The number of fused-ring (bicyclic) bond motifs is 2. The Kier molecular flexibility index (Phi) is 9.33. The van der Waals surface area contributed by atoms with E-state index in [1.807, 2.05) is 55.9 Å². The van der Waals surface area contributed by atoms with Crippen LogP contribution in [-0.4, -0.2) is 78.0 Å². The number of nitrogens with zero attached hydrogens (tertiary/aromatic N) is 3. The molecule has 238 valence electrons. The highest BCUT2D eigenvalue weighted by atomic mass is 32.2. The molecule has 2 N–H and O–H groups in total. The van der Waals surface area contributed by atoms with E-state index in [0.29, 0.717) is 5.69 Å². The summed E-state index contributed by atoms with van der Waals surface area (Å²) < 4.78 is 36.4. The molecular weight excluding hydrogens is 592 g/mol. The van der Waals surface area contributed by atoms with Gasteiger partial charge in [-0.3, -0.25) is 9.59 Å². The minimum Gasteiger partial charge on any atom is -0.488 e. The number of para-hydroxylation sites is 1. The van der Waals surface area contributed by atoms with Crippen LogP contribution in [0.15, 0.2) is 77.8 Å². The summed E-state index contributed by atoms with van der Waals surface area (Å²) in [7, 11) is -0.346. The van der Waals surface area contributed by atoms with E-state index in [0.717, 1.165) is 22.0 Å². The molecule has 10 nitrogen and oxygen atoms in total. The van der Waals surface area contributed by atoms with Gasteiger partial charge in [0, 0.05) is 49.3 Å². The number of carbonyl (C=O) groups is 2. The smallest absolute Gasteiger partial charge is 0.258 e. The summed E-state index contributed by atoms with van der Waals surface area (Å²) in [4.78, 5) is 28.7. The molecule has 2 heterocycles. The number of likely N-dealkylation sites (N-methyl/N-ethyl adjacent to an activating group) is 1. The molecule has 4 aromatic rings. The van der Waals surface area contributed by atoms with Crippen molar-refractivity contribution in [2.24, 2.45) is 13.0 Å². The molecule has 45 heavy (non-hydrogen) atoms. The summed E-state index contributed by atoms with van der Waals surface area (Å²) in [6.45, 7) is 5.57. The van der Waals surface area contributed by atoms with Crippen LogP contribution < -0.4 is 10.1 Å². The number of benzene rings is 3. The lowest BCUT2D eigenvalue weighted by atomic mass is 9.99. The number of hydrogen-bond donors (Lipinski definition) is 2. The summed E-state index contributed by atoms with van der Waals surface area (Å²) >= 11 is 0. The molecule has 0 spiro atoms. The van der Waals surface area contributed by atoms with Crippen molar-refractivity contribution < 1.29 is 27.9 Å². The van der Waals surface area contributed by atoms with Gasteiger partial charge in [0.15, 0.2) is 0 Å². The Morgan fingerprint density at radius 2 is 1.84 bits per heavy atom. The first kappa shape index (κ1) is 32.2. The molecule has 0 unspecified atom stereocenters. The van der Waals surface area contributed by atoms with Crippen LogP contribution in [0.5, 0.6) is 5.75 Å². The quantitative estimate of drug-likeness (QED) is 0.285. The monoisotopic (exact) mass is 632 g/mol. The van der Waals surface area contributed by atoms with Crippen LogP contribution in [0.25, 0.3) is 10.9 Å². The number of aryl methyl sites for hydroxylation is 2. The summed E-state index contributed by atoms with van der Waals surface area (Å²) in [5.41, 5.74) is 3.53. The second kappa shape index (κ2) is 13.0. The van der Waals surface area contributed by atoms with Gasteiger partial charge in [-0.2, -0.15) is 4.31 Å². The third kappa shape index (κ3) is 6.75. The van der Waals surface area contributed by atoms with E-state index in [1.54, 1.807) is 54.3 Å². The number of aliphatic hydroxyl groups is 1. The Bertz CT molecular complexity index is 1820. The van der Waals surface area contributed by atoms with E-state index in [-0.39, 0.29) is 60.1 Å². The highest BCUT2D eigenvalue weighted by Crippen LogP contribution is 2.31. The van der Waals surface area contributed by atoms with E-state index >= 15 is 0 Å². The maximum absolute atomic E-state index is 13.8. The number of amides is 2. The first-order valence-corrected chi connectivity index (χ1v) is 16.4. The number of anilines is 1. The SMILES string of the molecule is Cc1ccc(S(=O)(=O)N(C)C[C@H]2Oc3ccc(NC(=O)Cc4cn(C)c5ccccc45)cc3C(=O)N([C@H](C)CO)C[C@@H]2C)cc1. The number of nitrogens with one attached hydrogen (secondary N) is 1. The number of hydrogen-bond acceptors (Lipinski definition) is 6. The van der Waals surface area contributed by atoms with Crippen LogP contribution in [-0.2, 0) is 28.3 Å². The predicted octanol–water partition coefficient (Wildman–Crippen LogP) is 4.21. The molecule has 5 rings (SSSR count). The molecule has 0 fully saturated rings. The zero-order valence-corrected chi connectivity index (χ0v) is 27.0. The Hall–Kier alpha value is -4.19. The molecule has 0 radical (unpaired) electrons. The van der Waals surface area contributed by atoms with Gasteiger partial charge in [-0.25, -0.2) is 8.42 Å². The van der Waals surface area contributed by atoms with Crippen molar-refractivity contribution in [2.45, 2.75) is 44.2 Å². The zero-order valence-electron chi connectivity index (χ0n) is 26.2. The lowest BCUT2D eigenvalue weighted by Crippen LogP contribution is -2.50. The second-order valence-electron chi connectivity index (χ2n) is 11.9. The zero-order chi connectivity index (χ0) is 32.5. The van der Waals surface area contributed by atoms with Crippen LogP contribution in [0, 0.1) is 12.8 Å². The molecular formula is C34H40N4O6S. The van der Waals surface area contributed by atoms with Crippen LogP contribution in [0.2, 0.25) is 0 Å². The third-order valence-corrected chi connectivity index (χ3v) is 10.3. The lowest BCUT2D eigenvalue weighted by molar-refractivity contribution is -0.115. The molecule has 0 aliphatic carbocycles. The first-order valence-electron chi connectivity index (χ1n) is 15.0. The maximum atomic E-state index is 13.8. The van der Waals surface area contributed by atoms with E-state index in [4.69, 9.17) is 4.74 Å². The van der Waals surface area contributed by atoms with Crippen molar-refractivity contribution in [1.29, 1.82) is 0 Å². The molecule has 3 atom stereocenters. The summed E-state index contributed by atoms with van der Waals surface area (Å²) in [6.07, 6.45) is 1.48. The van der Waals surface area contributed by atoms with Crippen LogP contribution in [0.3, 0.4) is 0 Å². The average molecular weight is 633 g/mol. The van der Waals surface area contributed by atoms with Gasteiger partial charge < -0.3 is 24.6 Å². The van der Waals surface area contributed by atoms with Gasteiger partial charge >= 0.3 is 0 Å². The topological polar surface area (TPSA) is 121 Å².